The molecule has 0 atom stereocenters. The molecule has 1 saturated heterocycles. The van der Waals surface area contributed by atoms with Crippen LogP contribution in [0.15, 0.2) is 24.3 Å². The summed E-state index contributed by atoms with van der Waals surface area (Å²) in [5.41, 5.74) is 5.34. The molecule has 0 spiro atoms. The highest BCUT2D eigenvalue weighted by atomic mass is 16.5. The van der Waals surface area contributed by atoms with Crippen LogP contribution < -0.4 is 4.90 Å². The molecule has 0 unspecified atom stereocenters. The Morgan fingerprint density at radius 2 is 1.75 bits per heavy atom. The summed E-state index contributed by atoms with van der Waals surface area (Å²) in [6.45, 7) is 8.69. The maximum absolute atomic E-state index is 13.0. The Balaban J connectivity index is 1.51. The summed E-state index contributed by atoms with van der Waals surface area (Å²) in [6.07, 6.45) is 2.56. The Bertz CT molecular complexity index is 844. The fraction of sp³-hybridized carbons (Fsp3) is 0.500. The quantitative estimate of drug-likeness (QED) is 0.819. The number of amides is 1. The van der Waals surface area contributed by atoms with Gasteiger partial charge in [-0.2, -0.15) is 0 Å². The van der Waals surface area contributed by atoms with Gasteiger partial charge in [-0.15, -0.1) is 0 Å². The summed E-state index contributed by atoms with van der Waals surface area (Å²) in [7, 11) is 0. The number of hydrogen-bond donors (Lipinski definition) is 0. The molecule has 1 fully saturated rings. The number of rotatable bonds is 3. The van der Waals surface area contributed by atoms with Crippen molar-refractivity contribution in [3.63, 3.8) is 0 Å². The predicted molar refractivity (Wildman–Crippen MR) is 109 cm³/mol. The Morgan fingerprint density at radius 1 is 1.04 bits per heavy atom. The average Bonchev–Trinajstić information content (AvgIpc) is 2.97. The van der Waals surface area contributed by atoms with Crippen LogP contribution in [-0.4, -0.2) is 60.2 Å². The van der Waals surface area contributed by atoms with Crippen molar-refractivity contribution in [2.45, 2.75) is 33.1 Å². The number of carbonyl (C=O) groups is 1. The van der Waals surface area contributed by atoms with Gasteiger partial charge in [0.15, 0.2) is 0 Å². The minimum Gasteiger partial charge on any atom is -0.378 e. The van der Waals surface area contributed by atoms with E-state index >= 15 is 0 Å². The van der Waals surface area contributed by atoms with E-state index in [1.807, 2.05) is 29.2 Å². The second-order valence-electron chi connectivity index (χ2n) is 7.48. The molecular weight excluding hydrogens is 352 g/mol. The number of morpholine rings is 1. The van der Waals surface area contributed by atoms with Crippen LogP contribution in [0.1, 0.15) is 39.8 Å². The van der Waals surface area contributed by atoms with E-state index in [0.717, 1.165) is 68.5 Å². The van der Waals surface area contributed by atoms with Gasteiger partial charge in [-0.3, -0.25) is 4.79 Å². The number of anilines is 1. The van der Waals surface area contributed by atoms with Gasteiger partial charge in [-0.1, -0.05) is 19.1 Å². The zero-order valence-corrected chi connectivity index (χ0v) is 16.8. The van der Waals surface area contributed by atoms with Crippen molar-refractivity contribution in [3.05, 3.63) is 52.3 Å². The molecule has 6 heteroatoms. The van der Waals surface area contributed by atoms with Gasteiger partial charge >= 0.3 is 0 Å². The highest BCUT2D eigenvalue weighted by Gasteiger charge is 2.24. The number of hydrogen-bond acceptors (Lipinski definition) is 5. The molecule has 148 valence electrons. The Kier molecular flexibility index (Phi) is 5.57. The molecule has 2 aromatic rings. The summed E-state index contributed by atoms with van der Waals surface area (Å²) in [6, 6.07) is 7.98. The van der Waals surface area contributed by atoms with Crippen LogP contribution in [0.3, 0.4) is 0 Å². The third-order valence-electron chi connectivity index (χ3n) is 5.73. The van der Waals surface area contributed by atoms with E-state index in [1.54, 1.807) is 0 Å². The average molecular weight is 380 g/mol. The van der Waals surface area contributed by atoms with Gasteiger partial charge in [0.1, 0.15) is 0 Å². The van der Waals surface area contributed by atoms with E-state index in [9.17, 15) is 4.79 Å². The van der Waals surface area contributed by atoms with Gasteiger partial charge < -0.3 is 14.5 Å². The molecule has 1 aromatic heterocycles. The first-order valence-electron chi connectivity index (χ1n) is 10.2. The fourth-order valence-corrected chi connectivity index (χ4v) is 3.94. The second-order valence-corrected chi connectivity index (χ2v) is 7.48. The zero-order chi connectivity index (χ0) is 19.5. The molecule has 28 heavy (non-hydrogen) atoms. The summed E-state index contributed by atoms with van der Waals surface area (Å²) in [4.78, 5) is 26.7. The number of nitrogens with zero attached hydrogens (tertiary/aromatic N) is 4. The van der Waals surface area contributed by atoms with Crippen molar-refractivity contribution in [1.29, 1.82) is 0 Å². The fourth-order valence-electron chi connectivity index (χ4n) is 3.94. The summed E-state index contributed by atoms with van der Waals surface area (Å²) in [5.74, 6) is 0.906. The van der Waals surface area contributed by atoms with Crippen LogP contribution in [0.4, 0.5) is 5.95 Å². The SMILES string of the molecule is CCc1ccc(C(=O)N2CCc3nc(N4CCOCC4)nc(C)c3CC2)cc1. The van der Waals surface area contributed by atoms with E-state index in [0.29, 0.717) is 13.1 Å². The van der Waals surface area contributed by atoms with Crippen molar-refractivity contribution in [2.75, 3.05) is 44.3 Å². The molecular formula is C22H28N4O2. The first-order valence-corrected chi connectivity index (χ1v) is 10.2. The number of fused-ring (bicyclic) bond motifs is 1. The molecule has 0 saturated carbocycles. The molecule has 6 nitrogen and oxygen atoms in total. The van der Waals surface area contributed by atoms with Crippen LogP contribution in [0.2, 0.25) is 0 Å². The van der Waals surface area contributed by atoms with E-state index in [2.05, 4.69) is 18.7 Å². The minimum atomic E-state index is 0.106. The lowest BCUT2D eigenvalue weighted by molar-refractivity contribution is 0.0763. The highest BCUT2D eigenvalue weighted by Crippen LogP contribution is 2.22. The maximum Gasteiger partial charge on any atom is 0.253 e. The highest BCUT2D eigenvalue weighted by molar-refractivity contribution is 5.94. The lowest BCUT2D eigenvalue weighted by Crippen LogP contribution is -2.37. The lowest BCUT2D eigenvalue weighted by atomic mass is 10.1. The smallest absolute Gasteiger partial charge is 0.253 e. The zero-order valence-electron chi connectivity index (χ0n) is 16.8. The Labute approximate surface area is 166 Å². The van der Waals surface area contributed by atoms with Crippen LogP contribution in [-0.2, 0) is 24.0 Å². The molecule has 1 aromatic carbocycles. The van der Waals surface area contributed by atoms with Gasteiger partial charge in [-0.25, -0.2) is 9.97 Å². The van der Waals surface area contributed by atoms with E-state index in [-0.39, 0.29) is 5.91 Å². The Morgan fingerprint density at radius 3 is 2.46 bits per heavy atom. The minimum absolute atomic E-state index is 0.106. The van der Waals surface area contributed by atoms with Crippen LogP contribution >= 0.6 is 0 Å². The number of carbonyl (C=O) groups excluding carboxylic acids is 1. The van der Waals surface area contributed by atoms with Gasteiger partial charge in [-0.05, 0) is 43.0 Å². The van der Waals surface area contributed by atoms with Gasteiger partial charge in [0.2, 0.25) is 5.95 Å². The van der Waals surface area contributed by atoms with Crippen molar-refractivity contribution in [3.8, 4) is 0 Å². The van der Waals surface area contributed by atoms with Gasteiger partial charge in [0.05, 0.1) is 18.9 Å². The third-order valence-corrected chi connectivity index (χ3v) is 5.73. The second kappa shape index (κ2) is 8.27. The predicted octanol–water partition coefficient (Wildman–Crippen LogP) is 2.43. The molecule has 0 radical (unpaired) electrons. The van der Waals surface area contributed by atoms with Gasteiger partial charge in [0, 0.05) is 43.9 Å². The first kappa shape index (κ1) is 18.9. The topological polar surface area (TPSA) is 58.6 Å². The molecule has 0 aliphatic carbocycles. The normalized spacial score (nSPS) is 17.2. The lowest BCUT2D eigenvalue weighted by Gasteiger charge is -2.27. The third kappa shape index (κ3) is 3.87. The van der Waals surface area contributed by atoms with Crippen LogP contribution in [0, 0.1) is 6.92 Å². The summed E-state index contributed by atoms with van der Waals surface area (Å²) >= 11 is 0. The van der Waals surface area contributed by atoms with Crippen LogP contribution in [0.25, 0.3) is 0 Å². The number of ether oxygens (including phenoxy) is 1. The van der Waals surface area contributed by atoms with Crippen molar-refractivity contribution >= 4 is 11.9 Å². The monoisotopic (exact) mass is 380 g/mol. The van der Waals surface area contributed by atoms with Crippen molar-refractivity contribution in [2.24, 2.45) is 0 Å². The molecule has 2 aliphatic heterocycles. The van der Waals surface area contributed by atoms with E-state index in [4.69, 9.17) is 14.7 Å². The molecule has 4 rings (SSSR count). The number of aromatic nitrogens is 2. The summed E-state index contributed by atoms with van der Waals surface area (Å²) in [5, 5.41) is 0. The van der Waals surface area contributed by atoms with E-state index < -0.39 is 0 Å². The number of aryl methyl sites for hydroxylation is 2. The molecule has 2 aliphatic rings. The molecule has 0 bridgehead atoms. The molecule has 0 N–H and O–H groups in total. The van der Waals surface area contributed by atoms with Gasteiger partial charge in [0.25, 0.3) is 5.91 Å². The largest absolute Gasteiger partial charge is 0.378 e. The van der Waals surface area contributed by atoms with E-state index in [1.165, 1.54) is 11.1 Å². The molecule has 1 amide bonds. The molecule has 3 heterocycles. The van der Waals surface area contributed by atoms with Crippen molar-refractivity contribution < 1.29 is 9.53 Å². The maximum atomic E-state index is 13.0. The van der Waals surface area contributed by atoms with Crippen molar-refractivity contribution in [1.82, 2.24) is 14.9 Å². The first-order chi connectivity index (χ1) is 13.7. The standard InChI is InChI=1S/C22H28N4O2/c1-3-17-4-6-18(7-5-17)21(27)25-10-8-19-16(2)23-22(24-20(19)9-11-25)26-12-14-28-15-13-26/h4-7H,3,8-15H2,1-2H3. The van der Waals surface area contributed by atoms with Crippen LogP contribution in [0.5, 0.6) is 0 Å². The summed E-state index contributed by atoms with van der Waals surface area (Å²) < 4.78 is 5.44. The number of benzene rings is 1. The Hall–Kier alpha value is -2.47.